The van der Waals surface area contributed by atoms with Crippen LogP contribution in [-0.4, -0.2) is 25.7 Å². The van der Waals surface area contributed by atoms with Crippen LogP contribution < -0.4 is 10.6 Å². The second-order valence-corrected chi connectivity index (χ2v) is 10.0. The summed E-state index contributed by atoms with van der Waals surface area (Å²) in [5, 5.41) is 9.06. The predicted molar refractivity (Wildman–Crippen MR) is 165 cm³/mol. The molecule has 0 saturated heterocycles. The Labute approximate surface area is 235 Å². The Kier molecular flexibility index (Phi) is 13.2. The highest BCUT2D eigenvalue weighted by molar-refractivity contribution is 5.95. The van der Waals surface area contributed by atoms with Crippen molar-refractivity contribution in [1.82, 2.24) is 10.6 Å². The number of allylic oxidation sites excluding steroid dienone is 1. The maximum absolute atomic E-state index is 11.3. The highest BCUT2D eigenvalue weighted by Gasteiger charge is 2.40. The van der Waals surface area contributed by atoms with Gasteiger partial charge in [0.05, 0.1) is 6.54 Å². The number of aryl methyl sites for hydroxylation is 2. The van der Waals surface area contributed by atoms with Crippen LogP contribution in [0.25, 0.3) is 10.8 Å². The van der Waals surface area contributed by atoms with Crippen LogP contribution in [0.5, 0.6) is 0 Å². The number of nitrogens with one attached hydrogen (secondary N) is 2. The summed E-state index contributed by atoms with van der Waals surface area (Å²) in [4.78, 5) is 20.1. The molecule has 206 valence electrons. The molecule has 0 spiro atoms. The maximum Gasteiger partial charge on any atom is 0.160 e. The molecule has 3 aromatic rings. The molecule has 39 heavy (non-hydrogen) atoms. The number of carbonyl (C=O) groups excluding carboxylic acids is 2. The van der Waals surface area contributed by atoms with Gasteiger partial charge in [0.1, 0.15) is 6.29 Å². The van der Waals surface area contributed by atoms with Crippen molar-refractivity contribution in [2.45, 2.75) is 71.8 Å². The number of benzene rings is 3. The highest BCUT2D eigenvalue weighted by atomic mass is 16.1. The van der Waals surface area contributed by atoms with E-state index in [1.807, 2.05) is 37.5 Å². The molecule has 0 aromatic heterocycles. The van der Waals surface area contributed by atoms with E-state index < -0.39 is 0 Å². The van der Waals surface area contributed by atoms with E-state index in [2.05, 4.69) is 66.8 Å². The topological polar surface area (TPSA) is 58.2 Å². The minimum Gasteiger partial charge on any atom is -0.387 e. The summed E-state index contributed by atoms with van der Waals surface area (Å²) in [6.07, 6.45) is 15.8. The lowest BCUT2D eigenvalue weighted by Crippen LogP contribution is -2.08. The van der Waals surface area contributed by atoms with Crippen molar-refractivity contribution in [1.29, 1.82) is 0 Å². The molecule has 2 aliphatic carbocycles. The van der Waals surface area contributed by atoms with Crippen LogP contribution in [-0.2, 0) is 29.6 Å². The van der Waals surface area contributed by atoms with Gasteiger partial charge >= 0.3 is 0 Å². The van der Waals surface area contributed by atoms with Gasteiger partial charge < -0.3 is 15.4 Å². The van der Waals surface area contributed by atoms with E-state index in [0.717, 1.165) is 23.8 Å². The van der Waals surface area contributed by atoms with Crippen molar-refractivity contribution in [3.05, 3.63) is 94.7 Å². The van der Waals surface area contributed by atoms with Crippen LogP contribution in [0.3, 0.4) is 0 Å². The maximum atomic E-state index is 11.3. The Morgan fingerprint density at radius 2 is 1.72 bits per heavy atom. The fourth-order valence-corrected chi connectivity index (χ4v) is 4.72. The second kappa shape index (κ2) is 16.3. The van der Waals surface area contributed by atoms with E-state index in [0.29, 0.717) is 18.5 Å². The van der Waals surface area contributed by atoms with Crippen LogP contribution in [0.15, 0.2) is 66.9 Å². The summed E-state index contributed by atoms with van der Waals surface area (Å²) >= 11 is 0. The summed E-state index contributed by atoms with van der Waals surface area (Å²) in [7, 11) is 1.82. The summed E-state index contributed by atoms with van der Waals surface area (Å²) in [6.45, 7) is 8.90. The zero-order valence-electron chi connectivity index (χ0n) is 24.3. The average Bonchev–Trinajstić information content (AvgIpc) is 3.55. The molecule has 0 aliphatic heterocycles. The number of Topliss-reactive ketones (excluding diaryl/α,β-unsaturated/α-hetero) is 1. The number of terminal acetylenes is 1. The van der Waals surface area contributed by atoms with E-state index in [4.69, 9.17) is 11.2 Å². The summed E-state index contributed by atoms with van der Waals surface area (Å²) in [6, 6.07) is 19.3. The molecule has 0 radical (unpaired) electrons. The van der Waals surface area contributed by atoms with Crippen LogP contribution >= 0.6 is 0 Å². The average molecular weight is 525 g/mol. The molecular formula is C35H44N2O2. The van der Waals surface area contributed by atoms with Crippen molar-refractivity contribution < 1.29 is 9.59 Å². The molecule has 4 heteroatoms. The number of hydrogen-bond acceptors (Lipinski definition) is 4. The Morgan fingerprint density at radius 1 is 1.05 bits per heavy atom. The lowest BCUT2D eigenvalue weighted by atomic mass is 9.90. The highest BCUT2D eigenvalue weighted by Crippen LogP contribution is 2.50. The molecule has 0 heterocycles. The first-order chi connectivity index (χ1) is 18.9. The smallest absolute Gasteiger partial charge is 0.160 e. The quantitative estimate of drug-likeness (QED) is 0.200. The van der Waals surface area contributed by atoms with E-state index in [1.54, 1.807) is 29.0 Å². The number of aldehydes is 1. The van der Waals surface area contributed by atoms with Gasteiger partial charge in [-0.1, -0.05) is 80.4 Å². The molecule has 3 aromatic carbocycles. The SMILES string of the molecule is C#CCNC.CC/C=C/NCc1ccccc1C(C)=O.CC1(c2ccc3c4c(cccc24)CC3)CC1.CC=O. The lowest BCUT2D eigenvalue weighted by molar-refractivity contribution is -0.106. The van der Waals surface area contributed by atoms with Gasteiger partial charge in [-0.3, -0.25) is 4.79 Å². The molecule has 5 rings (SSSR count). The van der Waals surface area contributed by atoms with Crippen LogP contribution in [0.4, 0.5) is 0 Å². The van der Waals surface area contributed by atoms with Gasteiger partial charge in [0, 0.05) is 12.1 Å². The third-order valence-electron chi connectivity index (χ3n) is 6.97. The largest absolute Gasteiger partial charge is 0.387 e. The summed E-state index contributed by atoms with van der Waals surface area (Å²) in [5.74, 6) is 2.52. The molecule has 0 atom stereocenters. The number of carbonyl (C=O) groups is 2. The molecule has 0 unspecified atom stereocenters. The van der Waals surface area contributed by atoms with Crippen LogP contribution in [0.1, 0.15) is 79.6 Å². The first-order valence-electron chi connectivity index (χ1n) is 13.9. The zero-order valence-corrected chi connectivity index (χ0v) is 24.3. The van der Waals surface area contributed by atoms with Gasteiger partial charge in [-0.2, -0.15) is 0 Å². The molecule has 2 N–H and O–H groups in total. The third kappa shape index (κ3) is 9.23. The standard InChI is InChI=1S/C16H16.C13H17NO.C4H7N.C2H4O/c1-16(9-10-16)14-8-7-12-6-5-11-3-2-4-13(14)15(11)12;1-3-4-9-14-10-12-7-5-6-8-13(12)11(2)15;1-3-4-5-2;1-2-3/h2-4,7-8H,5-6,9-10H2,1H3;4-9,14H,3,10H2,1-2H3;1,5H,4H2,2H3;2H,1H3/b;9-4+;;. The number of hydrogen-bond donors (Lipinski definition) is 2. The molecule has 1 saturated carbocycles. The normalized spacial score (nSPS) is 13.5. The zero-order chi connectivity index (χ0) is 28.7. The van der Waals surface area contributed by atoms with Crippen molar-refractivity contribution in [2.24, 2.45) is 0 Å². The van der Waals surface area contributed by atoms with Crippen molar-refractivity contribution >= 4 is 22.8 Å². The van der Waals surface area contributed by atoms with Crippen molar-refractivity contribution in [2.75, 3.05) is 13.6 Å². The van der Waals surface area contributed by atoms with Crippen molar-refractivity contribution in [3.8, 4) is 12.3 Å². The molecule has 4 nitrogen and oxygen atoms in total. The molecular weight excluding hydrogens is 480 g/mol. The molecule has 2 aliphatic rings. The Bertz CT molecular complexity index is 1290. The molecule has 0 bridgehead atoms. The summed E-state index contributed by atoms with van der Waals surface area (Å²) < 4.78 is 0. The third-order valence-corrected chi connectivity index (χ3v) is 6.97. The van der Waals surface area contributed by atoms with E-state index in [-0.39, 0.29) is 5.78 Å². The predicted octanol–water partition coefficient (Wildman–Crippen LogP) is 6.94. The number of ketones is 1. The second-order valence-electron chi connectivity index (χ2n) is 10.0. The fourth-order valence-electron chi connectivity index (χ4n) is 4.72. The van der Waals surface area contributed by atoms with Gasteiger partial charge in [0.2, 0.25) is 0 Å². The van der Waals surface area contributed by atoms with Gasteiger partial charge in [-0.05, 0) is 97.6 Å². The number of rotatable bonds is 7. The molecule has 1 fully saturated rings. The summed E-state index contributed by atoms with van der Waals surface area (Å²) in [5.41, 5.74) is 7.06. The Hall–Kier alpha value is -3.68. The van der Waals surface area contributed by atoms with E-state index in [1.165, 1.54) is 38.0 Å². The van der Waals surface area contributed by atoms with Gasteiger partial charge in [-0.25, -0.2) is 0 Å². The molecule has 0 amide bonds. The first-order valence-corrected chi connectivity index (χ1v) is 13.9. The fraction of sp³-hybridized carbons (Fsp3) is 0.371. The van der Waals surface area contributed by atoms with Gasteiger partial charge in [0.15, 0.2) is 5.78 Å². The Balaban J connectivity index is 0.000000217. The van der Waals surface area contributed by atoms with Crippen LogP contribution in [0, 0.1) is 12.3 Å². The first kappa shape index (κ1) is 31.5. The van der Waals surface area contributed by atoms with Gasteiger partial charge in [-0.15, -0.1) is 6.42 Å². The van der Waals surface area contributed by atoms with E-state index >= 15 is 0 Å². The minimum absolute atomic E-state index is 0.117. The van der Waals surface area contributed by atoms with Crippen LogP contribution in [0.2, 0.25) is 0 Å². The minimum atomic E-state index is 0.117. The Morgan fingerprint density at radius 3 is 2.28 bits per heavy atom. The van der Waals surface area contributed by atoms with E-state index in [9.17, 15) is 4.79 Å². The van der Waals surface area contributed by atoms with Gasteiger partial charge in [0.25, 0.3) is 0 Å². The van der Waals surface area contributed by atoms with Crippen molar-refractivity contribution in [3.63, 3.8) is 0 Å². The monoisotopic (exact) mass is 524 g/mol. The lowest BCUT2D eigenvalue weighted by Gasteiger charge is -2.14.